The topological polar surface area (TPSA) is 73.4 Å². The Morgan fingerprint density at radius 3 is 2.63 bits per heavy atom. The van der Waals surface area contributed by atoms with Gasteiger partial charge in [0.05, 0.1) is 19.0 Å². The average molecular weight is 268 g/mol. The van der Waals surface area contributed by atoms with Crippen molar-refractivity contribution in [1.29, 1.82) is 0 Å². The van der Waals surface area contributed by atoms with Crippen LogP contribution in [-0.4, -0.2) is 47.7 Å². The van der Waals surface area contributed by atoms with Gasteiger partial charge in [-0.25, -0.2) is 9.78 Å². The molecule has 0 saturated heterocycles. The SMILES string of the molecule is CCOC(=O)c1ncn(C(CN(C)C)C(C)C)c1N. The Hall–Kier alpha value is -1.56. The second-order valence-electron chi connectivity index (χ2n) is 5.18. The van der Waals surface area contributed by atoms with Crippen LogP contribution in [0, 0.1) is 5.92 Å². The lowest BCUT2D eigenvalue weighted by molar-refractivity contribution is 0.0521. The zero-order valence-corrected chi connectivity index (χ0v) is 12.4. The molecule has 0 saturated carbocycles. The number of esters is 1. The van der Waals surface area contributed by atoms with Gasteiger partial charge in [0.1, 0.15) is 5.82 Å². The van der Waals surface area contributed by atoms with Crippen LogP contribution in [0.4, 0.5) is 5.82 Å². The molecule has 0 spiro atoms. The molecule has 0 aliphatic rings. The highest BCUT2D eigenvalue weighted by Crippen LogP contribution is 2.24. The van der Waals surface area contributed by atoms with E-state index in [2.05, 4.69) is 23.7 Å². The number of carbonyl (C=O) groups excluding carboxylic acids is 1. The Balaban J connectivity index is 3.02. The number of ether oxygens (including phenoxy) is 1. The molecule has 0 bridgehead atoms. The highest BCUT2D eigenvalue weighted by molar-refractivity contribution is 5.92. The lowest BCUT2D eigenvalue weighted by atomic mass is 10.0. The van der Waals surface area contributed by atoms with E-state index in [9.17, 15) is 4.79 Å². The number of nitrogens with zero attached hydrogens (tertiary/aromatic N) is 3. The summed E-state index contributed by atoms with van der Waals surface area (Å²) in [5.41, 5.74) is 6.23. The maximum absolute atomic E-state index is 11.7. The summed E-state index contributed by atoms with van der Waals surface area (Å²) in [5.74, 6) is 0.291. The predicted octanol–water partition coefficient (Wildman–Crippen LogP) is 1.40. The molecule has 0 fully saturated rings. The molecule has 1 aromatic rings. The van der Waals surface area contributed by atoms with Gasteiger partial charge in [0, 0.05) is 6.54 Å². The zero-order chi connectivity index (χ0) is 14.6. The fourth-order valence-corrected chi connectivity index (χ4v) is 1.99. The molecule has 0 amide bonds. The van der Waals surface area contributed by atoms with Crippen LogP contribution in [-0.2, 0) is 4.74 Å². The summed E-state index contributed by atoms with van der Waals surface area (Å²) in [6.07, 6.45) is 1.62. The van der Waals surface area contributed by atoms with Gasteiger partial charge < -0.3 is 19.9 Å². The lowest BCUT2D eigenvalue weighted by Gasteiger charge is -2.26. The normalized spacial score (nSPS) is 13.0. The van der Waals surface area contributed by atoms with E-state index in [-0.39, 0.29) is 11.7 Å². The second kappa shape index (κ2) is 6.56. The van der Waals surface area contributed by atoms with Crippen molar-refractivity contribution >= 4 is 11.8 Å². The summed E-state index contributed by atoms with van der Waals surface area (Å²) in [6, 6.07) is 0.172. The molecule has 6 heteroatoms. The molecule has 1 unspecified atom stereocenters. The van der Waals surface area contributed by atoms with Crippen LogP contribution in [0.25, 0.3) is 0 Å². The first kappa shape index (κ1) is 15.5. The van der Waals surface area contributed by atoms with Crippen molar-refractivity contribution in [2.24, 2.45) is 5.92 Å². The zero-order valence-electron chi connectivity index (χ0n) is 12.4. The van der Waals surface area contributed by atoms with E-state index in [0.717, 1.165) is 6.54 Å². The maximum atomic E-state index is 11.7. The predicted molar refractivity (Wildman–Crippen MR) is 75.0 cm³/mol. The first-order valence-electron chi connectivity index (χ1n) is 6.52. The van der Waals surface area contributed by atoms with Crippen molar-refractivity contribution in [3.05, 3.63) is 12.0 Å². The van der Waals surface area contributed by atoms with Crippen molar-refractivity contribution in [3.8, 4) is 0 Å². The van der Waals surface area contributed by atoms with Crippen LogP contribution in [0.2, 0.25) is 0 Å². The van der Waals surface area contributed by atoms with E-state index in [1.54, 1.807) is 13.3 Å². The highest BCUT2D eigenvalue weighted by Gasteiger charge is 2.23. The van der Waals surface area contributed by atoms with Crippen LogP contribution >= 0.6 is 0 Å². The van der Waals surface area contributed by atoms with Gasteiger partial charge >= 0.3 is 5.97 Å². The summed E-state index contributed by atoms with van der Waals surface area (Å²) in [5, 5.41) is 0. The standard InChI is InChI=1S/C13H24N4O2/c1-6-19-13(18)11-12(14)17(8-15-11)10(9(2)3)7-16(4)5/h8-10H,6-7,14H2,1-5H3. The molecule has 0 aliphatic heterocycles. The molecule has 1 atom stereocenters. The second-order valence-corrected chi connectivity index (χ2v) is 5.18. The molecule has 19 heavy (non-hydrogen) atoms. The van der Waals surface area contributed by atoms with E-state index >= 15 is 0 Å². The van der Waals surface area contributed by atoms with Crippen LogP contribution < -0.4 is 5.73 Å². The Kier molecular flexibility index (Phi) is 5.35. The largest absolute Gasteiger partial charge is 0.461 e. The third kappa shape index (κ3) is 3.70. The van der Waals surface area contributed by atoms with Crippen molar-refractivity contribution in [1.82, 2.24) is 14.5 Å². The first-order chi connectivity index (χ1) is 8.88. The smallest absolute Gasteiger partial charge is 0.360 e. The van der Waals surface area contributed by atoms with Crippen LogP contribution in [0.5, 0.6) is 0 Å². The molecule has 0 aromatic carbocycles. The number of rotatable bonds is 6. The van der Waals surface area contributed by atoms with Crippen molar-refractivity contribution < 1.29 is 9.53 Å². The van der Waals surface area contributed by atoms with E-state index in [1.807, 2.05) is 18.7 Å². The van der Waals surface area contributed by atoms with E-state index in [0.29, 0.717) is 18.3 Å². The fourth-order valence-electron chi connectivity index (χ4n) is 1.99. The molecule has 1 aromatic heterocycles. The van der Waals surface area contributed by atoms with E-state index in [1.165, 1.54) is 0 Å². The summed E-state index contributed by atoms with van der Waals surface area (Å²) >= 11 is 0. The Morgan fingerprint density at radius 2 is 2.16 bits per heavy atom. The van der Waals surface area contributed by atoms with E-state index in [4.69, 9.17) is 10.5 Å². The third-order valence-electron chi connectivity index (χ3n) is 2.98. The minimum atomic E-state index is -0.467. The maximum Gasteiger partial charge on any atom is 0.360 e. The van der Waals surface area contributed by atoms with Crippen LogP contribution in [0.15, 0.2) is 6.33 Å². The molecule has 1 heterocycles. The van der Waals surface area contributed by atoms with E-state index < -0.39 is 5.97 Å². The number of hydrogen-bond acceptors (Lipinski definition) is 5. The van der Waals surface area contributed by atoms with Gasteiger partial charge in [-0.05, 0) is 26.9 Å². The Bertz CT molecular complexity index is 426. The highest BCUT2D eigenvalue weighted by atomic mass is 16.5. The van der Waals surface area contributed by atoms with Crippen molar-refractivity contribution in [3.63, 3.8) is 0 Å². The van der Waals surface area contributed by atoms with Crippen molar-refractivity contribution in [2.75, 3.05) is 33.0 Å². The first-order valence-corrected chi connectivity index (χ1v) is 6.52. The summed E-state index contributed by atoms with van der Waals surface area (Å²) in [4.78, 5) is 17.9. The monoisotopic (exact) mass is 268 g/mol. The minimum Gasteiger partial charge on any atom is -0.461 e. The van der Waals surface area contributed by atoms with Crippen molar-refractivity contribution in [2.45, 2.75) is 26.8 Å². The number of carbonyl (C=O) groups is 1. The lowest BCUT2D eigenvalue weighted by Crippen LogP contribution is -2.28. The van der Waals surface area contributed by atoms with Gasteiger partial charge in [-0.15, -0.1) is 0 Å². The van der Waals surface area contributed by atoms with Gasteiger partial charge in [-0.3, -0.25) is 0 Å². The number of anilines is 1. The summed E-state index contributed by atoms with van der Waals surface area (Å²) < 4.78 is 6.80. The molecular weight excluding hydrogens is 244 g/mol. The molecule has 0 aliphatic carbocycles. The number of nitrogen functional groups attached to an aromatic ring is 1. The Labute approximate surface area is 114 Å². The number of nitrogens with two attached hydrogens (primary N) is 1. The number of aromatic nitrogens is 2. The molecular formula is C13H24N4O2. The number of hydrogen-bond donors (Lipinski definition) is 1. The van der Waals surface area contributed by atoms with Gasteiger partial charge in [0.2, 0.25) is 0 Å². The number of imidazole rings is 1. The molecule has 1 rings (SSSR count). The molecule has 0 radical (unpaired) electrons. The third-order valence-corrected chi connectivity index (χ3v) is 2.98. The molecule has 108 valence electrons. The fraction of sp³-hybridized carbons (Fsp3) is 0.692. The van der Waals surface area contributed by atoms with Crippen LogP contribution in [0.1, 0.15) is 37.3 Å². The quantitative estimate of drug-likeness (QED) is 0.789. The minimum absolute atomic E-state index is 0.172. The summed E-state index contributed by atoms with van der Waals surface area (Å²) in [6.45, 7) is 7.15. The Morgan fingerprint density at radius 1 is 1.53 bits per heavy atom. The van der Waals surface area contributed by atoms with Gasteiger partial charge in [-0.2, -0.15) is 0 Å². The summed E-state index contributed by atoms with van der Waals surface area (Å²) in [7, 11) is 4.02. The molecule has 2 N–H and O–H groups in total. The average Bonchev–Trinajstić information content (AvgIpc) is 2.67. The van der Waals surface area contributed by atoms with Gasteiger partial charge in [-0.1, -0.05) is 13.8 Å². The van der Waals surface area contributed by atoms with Gasteiger partial charge in [0.25, 0.3) is 0 Å². The number of likely N-dealkylation sites (N-methyl/N-ethyl adjacent to an activating group) is 1. The van der Waals surface area contributed by atoms with Gasteiger partial charge in [0.15, 0.2) is 5.69 Å². The molecule has 6 nitrogen and oxygen atoms in total. The van der Waals surface area contributed by atoms with Crippen LogP contribution in [0.3, 0.4) is 0 Å².